The summed E-state index contributed by atoms with van der Waals surface area (Å²) >= 11 is 3.00. The molecule has 0 bridgehead atoms. The Hall–Kier alpha value is -3.14. The third kappa shape index (κ3) is 7.44. The topological polar surface area (TPSA) is 125 Å². The molecule has 0 fully saturated rings. The van der Waals surface area contributed by atoms with Gasteiger partial charge in [-0.2, -0.15) is 5.90 Å². The van der Waals surface area contributed by atoms with Gasteiger partial charge in [0.25, 0.3) is 0 Å². The van der Waals surface area contributed by atoms with Crippen molar-refractivity contribution < 1.29 is 19.2 Å². The first-order chi connectivity index (χ1) is 16.5. The van der Waals surface area contributed by atoms with Crippen molar-refractivity contribution >= 4 is 40.9 Å². The predicted molar refractivity (Wildman–Crippen MR) is 134 cm³/mol. The Morgan fingerprint density at radius 2 is 1.50 bits per heavy atom. The van der Waals surface area contributed by atoms with Crippen LogP contribution in [0.25, 0.3) is 0 Å². The first-order valence-corrected chi connectivity index (χ1v) is 12.6. The zero-order valence-electron chi connectivity index (χ0n) is 18.5. The quantitative estimate of drug-likeness (QED) is 0.261. The van der Waals surface area contributed by atoms with Gasteiger partial charge in [0.2, 0.25) is 11.8 Å². The van der Waals surface area contributed by atoms with Crippen molar-refractivity contribution in [2.75, 3.05) is 5.75 Å². The second-order valence-corrected chi connectivity index (χ2v) is 10.0. The van der Waals surface area contributed by atoms with Crippen LogP contribution >= 0.6 is 23.1 Å². The van der Waals surface area contributed by atoms with Crippen LogP contribution in [-0.2, 0) is 32.1 Å². The summed E-state index contributed by atoms with van der Waals surface area (Å²) in [5.41, 5.74) is 7.33. The average molecular weight is 498 g/mol. The van der Waals surface area contributed by atoms with Gasteiger partial charge in [0.15, 0.2) is 0 Å². The van der Waals surface area contributed by atoms with Gasteiger partial charge in [-0.25, -0.2) is 0 Å². The van der Waals surface area contributed by atoms with Gasteiger partial charge in [0, 0.05) is 12.2 Å². The van der Waals surface area contributed by atoms with Crippen molar-refractivity contribution in [2.45, 2.75) is 23.1 Å². The van der Waals surface area contributed by atoms with E-state index in [4.69, 9.17) is 11.6 Å². The average Bonchev–Trinajstić information content (AvgIpc) is 3.37. The Kier molecular flexibility index (Phi) is 9.69. The highest BCUT2D eigenvalue weighted by atomic mass is 32.2. The molecule has 0 saturated carbocycles. The van der Waals surface area contributed by atoms with Gasteiger partial charge in [-0.3, -0.25) is 14.4 Å². The van der Waals surface area contributed by atoms with Crippen LogP contribution in [0.15, 0.2) is 82.4 Å². The summed E-state index contributed by atoms with van der Waals surface area (Å²) in [5, 5.41) is 4.71. The zero-order valence-corrected chi connectivity index (χ0v) is 20.1. The van der Waals surface area contributed by atoms with Crippen molar-refractivity contribution in [3.8, 4) is 0 Å². The number of amides is 2. The van der Waals surface area contributed by atoms with Crippen LogP contribution in [0.1, 0.15) is 11.1 Å². The Bertz CT molecular complexity index is 1060. The van der Waals surface area contributed by atoms with Crippen LogP contribution in [0, 0.1) is 11.8 Å². The van der Waals surface area contributed by atoms with Gasteiger partial charge in [-0.05, 0) is 29.0 Å². The third-order valence-corrected chi connectivity index (χ3v) is 7.63. The van der Waals surface area contributed by atoms with Crippen LogP contribution in [0.4, 0.5) is 0 Å². The maximum Gasteiger partial charge on any atom is 0.329 e. The number of carbonyl (C=O) groups excluding carboxylic acids is 3. The molecule has 1 heterocycles. The molecule has 34 heavy (non-hydrogen) atoms. The van der Waals surface area contributed by atoms with Crippen LogP contribution in [0.2, 0.25) is 0 Å². The van der Waals surface area contributed by atoms with Gasteiger partial charge in [0.1, 0.15) is 6.04 Å². The van der Waals surface area contributed by atoms with E-state index >= 15 is 0 Å². The summed E-state index contributed by atoms with van der Waals surface area (Å²) in [6, 6.07) is 21.6. The molecule has 3 rings (SSSR count). The lowest BCUT2D eigenvalue weighted by Gasteiger charge is -2.26. The van der Waals surface area contributed by atoms with Crippen molar-refractivity contribution in [3.05, 3.63) is 89.3 Å². The molecule has 0 aliphatic carbocycles. The first kappa shape index (κ1) is 25.5. The summed E-state index contributed by atoms with van der Waals surface area (Å²) in [4.78, 5) is 42.9. The number of hydrogen-bond acceptors (Lipinski definition) is 7. The third-order valence-electron chi connectivity index (χ3n) is 5.38. The molecular weight excluding hydrogens is 470 g/mol. The SMILES string of the molecule is NOC(=O)[C@@H](CSc1cccs1)[C@@H](Cc1ccccc1)C(=O)N[C@@H](Cc1ccccc1)C(N)=O. The van der Waals surface area contributed by atoms with Gasteiger partial charge < -0.3 is 15.9 Å². The fourth-order valence-corrected chi connectivity index (χ4v) is 5.57. The molecule has 0 aliphatic heterocycles. The van der Waals surface area contributed by atoms with E-state index in [9.17, 15) is 14.4 Å². The molecule has 2 aromatic carbocycles. The highest BCUT2D eigenvalue weighted by molar-refractivity contribution is 8.01. The molecule has 7 nitrogen and oxygen atoms in total. The normalized spacial score (nSPS) is 13.4. The van der Waals surface area contributed by atoms with E-state index in [1.807, 2.05) is 78.2 Å². The number of thioether (sulfide) groups is 1. The minimum atomic E-state index is -0.923. The molecular formula is C25H27N3O4S2. The standard InChI is InChI=1S/C25H27N3O4S2/c26-23(29)21(15-18-10-5-2-6-11-18)28-24(30)19(14-17-8-3-1-4-9-17)20(25(31)32-27)16-34-22-12-7-13-33-22/h1-13,19-21H,14-16,27H2,(H2,26,29)(H,28,30)/t19-,20+,21+/m1/s1. The summed E-state index contributed by atoms with van der Waals surface area (Å²) < 4.78 is 1.01. The number of hydrogen-bond donors (Lipinski definition) is 3. The second-order valence-electron chi connectivity index (χ2n) is 7.74. The number of nitrogens with one attached hydrogen (secondary N) is 1. The second kappa shape index (κ2) is 12.9. The Balaban J connectivity index is 1.84. The van der Waals surface area contributed by atoms with E-state index in [0.717, 1.165) is 15.3 Å². The molecule has 1 aromatic heterocycles. The van der Waals surface area contributed by atoms with E-state index in [1.54, 1.807) is 11.3 Å². The first-order valence-electron chi connectivity index (χ1n) is 10.7. The number of nitrogens with two attached hydrogens (primary N) is 2. The molecule has 178 valence electrons. The largest absolute Gasteiger partial charge is 0.373 e. The summed E-state index contributed by atoms with van der Waals surface area (Å²) in [5.74, 6) is 2.10. The molecule has 0 spiro atoms. The lowest BCUT2D eigenvalue weighted by atomic mass is 9.86. The Labute approximate surface area is 206 Å². The molecule has 2 amide bonds. The minimum Gasteiger partial charge on any atom is -0.373 e. The minimum absolute atomic E-state index is 0.246. The summed E-state index contributed by atoms with van der Waals surface area (Å²) in [7, 11) is 0. The highest BCUT2D eigenvalue weighted by Gasteiger charge is 2.36. The fraction of sp³-hybridized carbons (Fsp3) is 0.240. The van der Waals surface area contributed by atoms with Gasteiger partial charge >= 0.3 is 5.97 Å². The smallest absolute Gasteiger partial charge is 0.329 e. The fourth-order valence-electron chi connectivity index (χ4n) is 3.59. The monoisotopic (exact) mass is 497 g/mol. The molecule has 0 aliphatic rings. The predicted octanol–water partition coefficient (Wildman–Crippen LogP) is 2.95. The van der Waals surface area contributed by atoms with E-state index in [-0.39, 0.29) is 12.8 Å². The molecule has 3 atom stereocenters. The van der Waals surface area contributed by atoms with Crippen LogP contribution in [-0.4, -0.2) is 29.6 Å². The zero-order chi connectivity index (χ0) is 24.3. The van der Waals surface area contributed by atoms with E-state index in [0.29, 0.717) is 5.75 Å². The van der Waals surface area contributed by atoms with E-state index < -0.39 is 35.7 Å². The number of rotatable bonds is 12. The van der Waals surface area contributed by atoms with Gasteiger partial charge in [0.05, 0.1) is 16.0 Å². The Morgan fingerprint density at radius 3 is 2.03 bits per heavy atom. The molecule has 0 unspecified atom stereocenters. The van der Waals surface area contributed by atoms with Gasteiger partial charge in [-0.1, -0.05) is 66.7 Å². The molecule has 9 heteroatoms. The summed E-state index contributed by atoms with van der Waals surface area (Å²) in [6.45, 7) is 0. The van der Waals surface area contributed by atoms with Crippen molar-refractivity contribution in [1.29, 1.82) is 0 Å². The molecule has 5 N–H and O–H groups in total. The van der Waals surface area contributed by atoms with Crippen molar-refractivity contribution in [2.24, 2.45) is 23.5 Å². The van der Waals surface area contributed by atoms with Gasteiger partial charge in [-0.15, -0.1) is 23.1 Å². The number of carbonyl (C=O) groups is 3. The van der Waals surface area contributed by atoms with E-state index in [1.165, 1.54) is 11.8 Å². The van der Waals surface area contributed by atoms with Crippen LogP contribution < -0.4 is 16.9 Å². The number of thiophene rings is 1. The number of benzene rings is 2. The summed E-state index contributed by atoms with van der Waals surface area (Å²) in [6.07, 6.45) is 0.518. The van der Waals surface area contributed by atoms with Crippen LogP contribution in [0.5, 0.6) is 0 Å². The lowest BCUT2D eigenvalue weighted by molar-refractivity contribution is -0.152. The maximum absolute atomic E-state index is 13.5. The van der Waals surface area contributed by atoms with E-state index in [2.05, 4.69) is 10.2 Å². The van der Waals surface area contributed by atoms with Crippen molar-refractivity contribution in [3.63, 3.8) is 0 Å². The molecule has 0 saturated heterocycles. The maximum atomic E-state index is 13.5. The molecule has 3 aromatic rings. The van der Waals surface area contributed by atoms with Crippen LogP contribution in [0.3, 0.4) is 0 Å². The van der Waals surface area contributed by atoms with Crippen molar-refractivity contribution in [1.82, 2.24) is 5.32 Å². The highest BCUT2D eigenvalue weighted by Crippen LogP contribution is 2.30. The number of primary amides is 1. The molecule has 0 radical (unpaired) electrons. The Morgan fingerprint density at radius 1 is 0.882 bits per heavy atom. The lowest BCUT2D eigenvalue weighted by Crippen LogP contribution is -2.50.